The number of benzene rings is 1. The van der Waals surface area contributed by atoms with E-state index in [1.807, 2.05) is 18.2 Å². The molecule has 3 N–H and O–H groups in total. The maximum absolute atomic E-state index is 12.3. The number of para-hydroxylation sites is 1. The number of hydrogen-bond donors (Lipinski definition) is 2. The zero-order chi connectivity index (χ0) is 15.1. The zero-order valence-corrected chi connectivity index (χ0v) is 12.6. The molecule has 3 aliphatic rings. The molecule has 0 unspecified atom stereocenters. The minimum atomic E-state index is 0.129. The highest BCUT2D eigenvalue weighted by Gasteiger charge is 2.55. The summed E-state index contributed by atoms with van der Waals surface area (Å²) in [5.74, 6) is 3.07. The van der Waals surface area contributed by atoms with E-state index in [1.54, 1.807) is 0 Å². The van der Waals surface area contributed by atoms with Crippen LogP contribution in [0.1, 0.15) is 18.4 Å². The van der Waals surface area contributed by atoms with Gasteiger partial charge in [-0.05, 0) is 42.7 Å². The van der Waals surface area contributed by atoms with Crippen LogP contribution in [-0.2, 0) is 11.2 Å². The molecule has 22 heavy (non-hydrogen) atoms. The Labute approximate surface area is 130 Å². The lowest BCUT2D eigenvalue weighted by Gasteiger charge is -2.21. The van der Waals surface area contributed by atoms with Crippen LogP contribution in [0.5, 0.6) is 11.5 Å². The molecule has 2 saturated carbocycles. The van der Waals surface area contributed by atoms with Crippen molar-refractivity contribution in [3.05, 3.63) is 23.8 Å². The molecule has 5 heteroatoms. The van der Waals surface area contributed by atoms with E-state index in [4.69, 9.17) is 15.2 Å². The second kappa shape index (κ2) is 5.47. The Hall–Kier alpha value is -1.75. The molecule has 1 aliphatic heterocycles. The molecule has 2 fully saturated rings. The first-order valence-corrected chi connectivity index (χ1v) is 8.15. The maximum Gasteiger partial charge on any atom is 0.223 e. The number of nitrogens with one attached hydrogen (secondary N) is 1. The number of amides is 1. The first-order chi connectivity index (χ1) is 10.7. The molecule has 4 rings (SSSR count). The van der Waals surface area contributed by atoms with Crippen LogP contribution < -0.4 is 20.5 Å². The zero-order valence-electron chi connectivity index (χ0n) is 12.6. The Morgan fingerprint density at radius 1 is 1.23 bits per heavy atom. The van der Waals surface area contributed by atoms with Crippen LogP contribution in [0.25, 0.3) is 0 Å². The lowest BCUT2D eigenvalue weighted by molar-refractivity contribution is -0.125. The molecular formula is C17H22N2O3. The van der Waals surface area contributed by atoms with Gasteiger partial charge in [0, 0.05) is 18.5 Å². The molecule has 1 aromatic carbocycles. The normalized spacial score (nSPS) is 31.5. The minimum absolute atomic E-state index is 0.129. The molecule has 5 nitrogen and oxygen atoms in total. The Bertz CT molecular complexity index is 589. The average Bonchev–Trinajstić information content (AvgIpc) is 3.27. The van der Waals surface area contributed by atoms with E-state index >= 15 is 0 Å². The van der Waals surface area contributed by atoms with Gasteiger partial charge >= 0.3 is 0 Å². The smallest absolute Gasteiger partial charge is 0.223 e. The van der Waals surface area contributed by atoms with E-state index in [9.17, 15) is 4.79 Å². The largest absolute Gasteiger partial charge is 0.486 e. The third kappa shape index (κ3) is 2.43. The maximum atomic E-state index is 12.3. The van der Waals surface area contributed by atoms with Crippen molar-refractivity contribution in [3.8, 4) is 11.5 Å². The van der Waals surface area contributed by atoms with Crippen molar-refractivity contribution in [3.63, 3.8) is 0 Å². The molecule has 0 radical (unpaired) electrons. The number of fused-ring (bicyclic) bond motifs is 2. The first kappa shape index (κ1) is 13.9. The van der Waals surface area contributed by atoms with Gasteiger partial charge in [0.15, 0.2) is 11.5 Å². The standard InChI is InChI=1S/C17H22N2O3/c18-14-9-13(11-8-12(11)14)17(20)19-5-4-10-2-1-3-15-16(10)22-7-6-21-15/h1-3,11-14H,4-9,18H2,(H,19,20)/t11-,12+,13-,14+/m0/s1. The Balaban J connectivity index is 1.33. The van der Waals surface area contributed by atoms with Crippen LogP contribution in [0.3, 0.4) is 0 Å². The number of carbonyl (C=O) groups is 1. The minimum Gasteiger partial charge on any atom is -0.486 e. The van der Waals surface area contributed by atoms with Crippen LogP contribution in [0, 0.1) is 17.8 Å². The lowest BCUT2D eigenvalue weighted by Crippen LogP contribution is -2.34. The molecule has 1 heterocycles. The van der Waals surface area contributed by atoms with Gasteiger partial charge in [-0.25, -0.2) is 0 Å². The van der Waals surface area contributed by atoms with E-state index in [-0.39, 0.29) is 17.9 Å². The van der Waals surface area contributed by atoms with E-state index in [1.165, 1.54) is 0 Å². The van der Waals surface area contributed by atoms with Gasteiger partial charge in [0.2, 0.25) is 5.91 Å². The lowest BCUT2D eigenvalue weighted by atomic mass is 10.0. The van der Waals surface area contributed by atoms with Gasteiger partial charge in [-0.1, -0.05) is 12.1 Å². The summed E-state index contributed by atoms with van der Waals surface area (Å²) in [7, 11) is 0. The van der Waals surface area contributed by atoms with Gasteiger partial charge in [0.1, 0.15) is 13.2 Å². The van der Waals surface area contributed by atoms with Crippen LogP contribution >= 0.6 is 0 Å². The Morgan fingerprint density at radius 3 is 2.86 bits per heavy atom. The van der Waals surface area contributed by atoms with Crippen LogP contribution in [0.15, 0.2) is 18.2 Å². The number of carbonyl (C=O) groups excluding carboxylic acids is 1. The van der Waals surface area contributed by atoms with Gasteiger partial charge < -0.3 is 20.5 Å². The van der Waals surface area contributed by atoms with E-state index in [2.05, 4.69) is 5.32 Å². The van der Waals surface area contributed by atoms with Gasteiger partial charge in [-0.3, -0.25) is 4.79 Å². The fourth-order valence-electron chi connectivity index (χ4n) is 3.92. The average molecular weight is 302 g/mol. The highest BCUT2D eigenvalue weighted by Crippen LogP contribution is 2.54. The molecule has 1 aromatic rings. The van der Waals surface area contributed by atoms with E-state index in [0.29, 0.717) is 31.6 Å². The second-order valence-corrected chi connectivity index (χ2v) is 6.55. The topological polar surface area (TPSA) is 73.6 Å². The second-order valence-electron chi connectivity index (χ2n) is 6.55. The van der Waals surface area contributed by atoms with Crippen molar-refractivity contribution in [1.29, 1.82) is 0 Å². The highest BCUT2D eigenvalue weighted by molar-refractivity contribution is 5.80. The van der Waals surface area contributed by atoms with Gasteiger partial charge in [0.05, 0.1) is 0 Å². The predicted octanol–water partition coefficient (Wildman–Crippen LogP) is 1.10. The Morgan fingerprint density at radius 2 is 2.09 bits per heavy atom. The molecule has 1 amide bonds. The van der Waals surface area contributed by atoms with E-state index in [0.717, 1.165) is 36.3 Å². The molecule has 0 spiro atoms. The summed E-state index contributed by atoms with van der Waals surface area (Å²) in [6.07, 6.45) is 2.74. The summed E-state index contributed by atoms with van der Waals surface area (Å²) >= 11 is 0. The fraction of sp³-hybridized carbons (Fsp3) is 0.588. The van der Waals surface area contributed by atoms with Crippen LogP contribution in [0.4, 0.5) is 0 Å². The SMILES string of the molecule is N[C@@H]1C[C@H](C(=O)NCCc2cccc3c2OCCO3)[C@H]2C[C@H]21. The van der Waals surface area contributed by atoms with Crippen molar-refractivity contribution in [2.75, 3.05) is 19.8 Å². The summed E-state index contributed by atoms with van der Waals surface area (Å²) in [6.45, 7) is 1.80. The number of ether oxygens (including phenoxy) is 2. The molecule has 2 aliphatic carbocycles. The van der Waals surface area contributed by atoms with Gasteiger partial charge in [0.25, 0.3) is 0 Å². The van der Waals surface area contributed by atoms with Crippen molar-refractivity contribution in [2.24, 2.45) is 23.5 Å². The molecule has 0 saturated heterocycles. The van der Waals surface area contributed by atoms with Crippen molar-refractivity contribution >= 4 is 5.91 Å². The fourth-order valence-corrected chi connectivity index (χ4v) is 3.92. The number of nitrogens with two attached hydrogens (primary N) is 1. The quantitative estimate of drug-likeness (QED) is 0.873. The van der Waals surface area contributed by atoms with Gasteiger partial charge in [-0.15, -0.1) is 0 Å². The third-order valence-electron chi connectivity index (χ3n) is 5.16. The highest BCUT2D eigenvalue weighted by atomic mass is 16.6. The summed E-state index contributed by atoms with van der Waals surface area (Å²) in [5.41, 5.74) is 7.12. The summed E-state index contributed by atoms with van der Waals surface area (Å²) in [6, 6.07) is 6.15. The number of hydrogen-bond acceptors (Lipinski definition) is 4. The molecule has 4 atom stereocenters. The van der Waals surface area contributed by atoms with Crippen molar-refractivity contribution in [1.82, 2.24) is 5.32 Å². The van der Waals surface area contributed by atoms with Gasteiger partial charge in [-0.2, -0.15) is 0 Å². The Kier molecular flexibility index (Phi) is 3.45. The van der Waals surface area contributed by atoms with Crippen molar-refractivity contribution < 1.29 is 14.3 Å². The van der Waals surface area contributed by atoms with Crippen LogP contribution in [0.2, 0.25) is 0 Å². The monoisotopic (exact) mass is 302 g/mol. The molecular weight excluding hydrogens is 280 g/mol. The number of rotatable bonds is 4. The molecule has 0 aromatic heterocycles. The summed E-state index contributed by atoms with van der Waals surface area (Å²) in [4.78, 5) is 12.3. The molecule has 0 bridgehead atoms. The third-order valence-corrected chi connectivity index (χ3v) is 5.16. The summed E-state index contributed by atoms with van der Waals surface area (Å²) in [5, 5.41) is 3.07. The predicted molar refractivity (Wildman–Crippen MR) is 81.8 cm³/mol. The van der Waals surface area contributed by atoms with Crippen LogP contribution in [-0.4, -0.2) is 31.7 Å². The first-order valence-electron chi connectivity index (χ1n) is 8.15. The van der Waals surface area contributed by atoms with Crippen molar-refractivity contribution in [2.45, 2.75) is 25.3 Å². The van der Waals surface area contributed by atoms with E-state index < -0.39 is 0 Å². The molecule has 118 valence electrons. The summed E-state index contributed by atoms with van der Waals surface area (Å²) < 4.78 is 11.3.